The molecule has 0 N–H and O–H groups in total. The molecular formula is C25H25N7O. The molecule has 0 aromatic carbocycles. The second-order valence-corrected chi connectivity index (χ2v) is 8.27. The summed E-state index contributed by atoms with van der Waals surface area (Å²) in [6.07, 6.45) is 7.32. The average molecular weight is 440 g/mol. The van der Waals surface area contributed by atoms with Gasteiger partial charge in [0.25, 0.3) is 0 Å². The molecule has 0 bridgehead atoms. The van der Waals surface area contributed by atoms with Crippen LogP contribution in [-0.4, -0.2) is 57.8 Å². The lowest BCUT2D eigenvalue weighted by molar-refractivity contribution is 0.249. The van der Waals surface area contributed by atoms with Crippen LogP contribution in [0.5, 0.6) is 5.88 Å². The summed E-state index contributed by atoms with van der Waals surface area (Å²) in [7, 11) is 1.63. The van der Waals surface area contributed by atoms with Crippen molar-refractivity contribution in [1.82, 2.24) is 24.5 Å². The van der Waals surface area contributed by atoms with Gasteiger partial charge >= 0.3 is 0 Å². The summed E-state index contributed by atoms with van der Waals surface area (Å²) in [5.41, 5.74) is 5.61. The molecule has 1 fully saturated rings. The van der Waals surface area contributed by atoms with Crippen molar-refractivity contribution in [2.75, 3.05) is 38.2 Å². The average Bonchev–Trinajstić information content (AvgIpc) is 3.27. The van der Waals surface area contributed by atoms with Gasteiger partial charge in [0, 0.05) is 68.5 Å². The Morgan fingerprint density at radius 1 is 1.03 bits per heavy atom. The van der Waals surface area contributed by atoms with Crippen molar-refractivity contribution in [3.05, 3.63) is 71.8 Å². The van der Waals surface area contributed by atoms with Gasteiger partial charge in [0.15, 0.2) is 0 Å². The minimum Gasteiger partial charge on any atom is -0.481 e. The number of fused-ring (bicyclic) bond motifs is 1. The molecular weight excluding hydrogens is 414 g/mol. The Bertz CT molecular complexity index is 1300. The van der Waals surface area contributed by atoms with Gasteiger partial charge < -0.3 is 9.64 Å². The summed E-state index contributed by atoms with van der Waals surface area (Å²) < 4.78 is 6.91. The highest BCUT2D eigenvalue weighted by Crippen LogP contribution is 2.29. The second kappa shape index (κ2) is 8.88. The zero-order chi connectivity index (χ0) is 22.8. The maximum Gasteiger partial charge on any atom is 0.212 e. The highest BCUT2D eigenvalue weighted by molar-refractivity contribution is 5.84. The highest BCUT2D eigenvalue weighted by atomic mass is 16.5. The molecule has 1 aliphatic heterocycles. The molecule has 33 heavy (non-hydrogen) atoms. The minimum absolute atomic E-state index is 0.567. The van der Waals surface area contributed by atoms with Crippen molar-refractivity contribution in [2.24, 2.45) is 0 Å². The molecule has 4 aromatic heterocycles. The van der Waals surface area contributed by atoms with E-state index >= 15 is 0 Å². The van der Waals surface area contributed by atoms with Crippen molar-refractivity contribution in [2.45, 2.75) is 13.5 Å². The summed E-state index contributed by atoms with van der Waals surface area (Å²) in [6.45, 7) is 6.69. The first-order valence-corrected chi connectivity index (χ1v) is 11.0. The smallest absolute Gasteiger partial charge is 0.212 e. The van der Waals surface area contributed by atoms with Crippen LogP contribution in [0.15, 0.2) is 55.1 Å². The molecule has 1 saturated heterocycles. The van der Waals surface area contributed by atoms with Crippen LogP contribution in [0.2, 0.25) is 0 Å². The zero-order valence-electron chi connectivity index (χ0n) is 18.8. The summed E-state index contributed by atoms with van der Waals surface area (Å²) in [5.74, 6) is 1.61. The SMILES string of the molecule is COc1ccc(CN2CCN(c3ccc(-c4cc(C)cn5ncc(C#N)c45)cn3)CC2)cn1. The van der Waals surface area contributed by atoms with Gasteiger partial charge in [-0.1, -0.05) is 6.07 Å². The number of anilines is 1. The van der Waals surface area contributed by atoms with Crippen LogP contribution in [0.3, 0.4) is 0 Å². The number of ether oxygens (including phenoxy) is 1. The molecule has 0 saturated carbocycles. The van der Waals surface area contributed by atoms with Crippen LogP contribution >= 0.6 is 0 Å². The van der Waals surface area contributed by atoms with Gasteiger partial charge in [-0.05, 0) is 36.2 Å². The fourth-order valence-electron chi connectivity index (χ4n) is 4.31. The Labute approximate surface area is 192 Å². The molecule has 0 spiro atoms. The number of aryl methyl sites for hydroxylation is 1. The highest BCUT2D eigenvalue weighted by Gasteiger charge is 2.19. The normalized spacial score (nSPS) is 14.4. The molecule has 8 nitrogen and oxygen atoms in total. The van der Waals surface area contributed by atoms with Crippen molar-refractivity contribution in [3.8, 4) is 23.1 Å². The maximum atomic E-state index is 9.48. The predicted octanol–water partition coefficient (Wildman–Crippen LogP) is 3.30. The Balaban J connectivity index is 1.28. The third kappa shape index (κ3) is 4.23. The van der Waals surface area contributed by atoms with Gasteiger partial charge in [0.2, 0.25) is 5.88 Å². The third-order valence-electron chi connectivity index (χ3n) is 6.04. The van der Waals surface area contributed by atoms with E-state index in [-0.39, 0.29) is 0 Å². The zero-order valence-corrected chi connectivity index (χ0v) is 18.8. The molecule has 5 heterocycles. The number of pyridine rings is 3. The van der Waals surface area contributed by atoms with Crippen LogP contribution in [0.4, 0.5) is 5.82 Å². The Hall–Kier alpha value is -3.96. The first-order chi connectivity index (χ1) is 16.1. The van der Waals surface area contributed by atoms with Crippen molar-refractivity contribution in [1.29, 1.82) is 5.26 Å². The van der Waals surface area contributed by atoms with Gasteiger partial charge in [-0.15, -0.1) is 0 Å². The molecule has 0 atom stereocenters. The largest absolute Gasteiger partial charge is 0.481 e. The minimum atomic E-state index is 0.567. The topological polar surface area (TPSA) is 82.6 Å². The van der Waals surface area contributed by atoms with Gasteiger partial charge in [-0.25, -0.2) is 14.5 Å². The molecule has 8 heteroatoms. The Kier molecular flexibility index (Phi) is 5.63. The lowest BCUT2D eigenvalue weighted by Gasteiger charge is -2.35. The van der Waals surface area contributed by atoms with Crippen molar-refractivity contribution < 1.29 is 4.74 Å². The lowest BCUT2D eigenvalue weighted by Crippen LogP contribution is -2.46. The molecule has 0 unspecified atom stereocenters. The van der Waals surface area contributed by atoms with Crippen LogP contribution in [0, 0.1) is 18.3 Å². The van der Waals surface area contributed by atoms with E-state index in [1.807, 2.05) is 31.6 Å². The number of methoxy groups -OCH3 is 1. The van der Waals surface area contributed by atoms with Gasteiger partial charge in [-0.3, -0.25) is 4.90 Å². The van der Waals surface area contributed by atoms with Crippen molar-refractivity contribution in [3.63, 3.8) is 0 Å². The number of aromatic nitrogens is 4. The maximum absolute atomic E-state index is 9.48. The Morgan fingerprint density at radius 3 is 2.55 bits per heavy atom. The van der Waals surface area contributed by atoms with E-state index in [1.54, 1.807) is 17.8 Å². The molecule has 0 radical (unpaired) electrons. The van der Waals surface area contributed by atoms with Gasteiger partial charge in [-0.2, -0.15) is 10.4 Å². The van der Waals surface area contributed by atoms with E-state index in [4.69, 9.17) is 9.72 Å². The first-order valence-electron chi connectivity index (χ1n) is 11.0. The molecule has 166 valence electrons. The quantitative estimate of drug-likeness (QED) is 0.472. The summed E-state index contributed by atoms with van der Waals surface area (Å²) in [5, 5.41) is 13.8. The number of nitriles is 1. The standard InChI is InChI=1S/C25H25N7O/c1-18-11-22(25-21(12-26)15-29-32(25)16-18)20-4-5-23(27-14-20)31-9-7-30(8-10-31)17-19-3-6-24(33-2)28-13-19/h3-6,11,13-16H,7-10,17H2,1-2H3. The first kappa shape index (κ1) is 20.9. The van der Waals surface area contributed by atoms with E-state index in [0.717, 1.165) is 60.7 Å². The number of hydrogen-bond donors (Lipinski definition) is 0. The summed E-state index contributed by atoms with van der Waals surface area (Å²) in [6, 6.07) is 12.5. The fourth-order valence-corrected chi connectivity index (χ4v) is 4.31. The van der Waals surface area contributed by atoms with Crippen LogP contribution < -0.4 is 9.64 Å². The van der Waals surface area contributed by atoms with Crippen LogP contribution in [0.1, 0.15) is 16.7 Å². The molecule has 0 amide bonds. The second-order valence-electron chi connectivity index (χ2n) is 8.27. The lowest BCUT2D eigenvalue weighted by atomic mass is 10.0. The molecule has 5 rings (SSSR count). The van der Waals surface area contributed by atoms with Gasteiger partial charge in [0.05, 0.1) is 24.4 Å². The number of rotatable bonds is 5. The summed E-state index contributed by atoms with van der Waals surface area (Å²) >= 11 is 0. The van der Waals surface area contributed by atoms with E-state index in [1.165, 1.54) is 5.56 Å². The van der Waals surface area contributed by atoms with Gasteiger partial charge in [0.1, 0.15) is 11.9 Å². The monoisotopic (exact) mass is 439 g/mol. The van der Waals surface area contributed by atoms with Crippen molar-refractivity contribution >= 4 is 11.3 Å². The third-order valence-corrected chi connectivity index (χ3v) is 6.04. The molecule has 0 aliphatic carbocycles. The van der Waals surface area contributed by atoms with Crippen LogP contribution in [-0.2, 0) is 6.54 Å². The number of hydrogen-bond acceptors (Lipinski definition) is 7. The van der Waals surface area contributed by atoms with Crippen LogP contribution in [0.25, 0.3) is 16.6 Å². The molecule has 1 aliphatic rings. The Morgan fingerprint density at radius 2 is 1.88 bits per heavy atom. The van der Waals surface area contributed by atoms with E-state index in [9.17, 15) is 5.26 Å². The van der Waals surface area contributed by atoms with E-state index < -0.39 is 0 Å². The predicted molar refractivity (Wildman–Crippen MR) is 126 cm³/mol. The molecule has 4 aromatic rings. The number of piperazine rings is 1. The van der Waals surface area contributed by atoms with E-state index in [2.05, 4.69) is 50.2 Å². The fraction of sp³-hybridized carbons (Fsp3) is 0.280. The van der Waals surface area contributed by atoms with E-state index in [0.29, 0.717) is 11.4 Å². The number of nitrogens with zero attached hydrogens (tertiary/aromatic N) is 7. The summed E-state index contributed by atoms with van der Waals surface area (Å²) in [4.78, 5) is 13.8.